The van der Waals surface area contributed by atoms with Gasteiger partial charge < -0.3 is 0 Å². The first-order valence-corrected chi connectivity index (χ1v) is 7.84. The fraction of sp³-hybridized carbons (Fsp3) is 0.667. The minimum absolute atomic E-state index is 0.216. The summed E-state index contributed by atoms with van der Waals surface area (Å²) in [5.41, 5.74) is 1.01. The maximum atomic E-state index is 6.10. The van der Waals surface area contributed by atoms with Crippen molar-refractivity contribution in [1.82, 2.24) is 9.97 Å². The van der Waals surface area contributed by atoms with E-state index in [0.717, 1.165) is 34.6 Å². The van der Waals surface area contributed by atoms with Crippen molar-refractivity contribution in [3.8, 4) is 0 Å². The van der Waals surface area contributed by atoms with Gasteiger partial charge in [0.05, 0.1) is 15.9 Å². The summed E-state index contributed by atoms with van der Waals surface area (Å²) in [6.45, 7) is 8.69. The van der Waals surface area contributed by atoms with E-state index in [0.29, 0.717) is 5.15 Å². The van der Waals surface area contributed by atoms with Gasteiger partial charge in [0.15, 0.2) is 0 Å². The number of hydrogen-bond donors (Lipinski definition) is 0. The summed E-state index contributed by atoms with van der Waals surface area (Å²) < 4.78 is 1.05. The summed E-state index contributed by atoms with van der Waals surface area (Å²) in [6, 6.07) is 0. The van der Waals surface area contributed by atoms with Crippen molar-refractivity contribution in [2.24, 2.45) is 0 Å². The van der Waals surface area contributed by atoms with Gasteiger partial charge in [-0.2, -0.15) is 0 Å². The van der Waals surface area contributed by atoms with E-state index in [1.54, 1.807) is 0 Å². The van der Waals surface area contributed by atoms with Crippen LogP contribution >= 0.6 is 39.3 Å². The van der Waals surface area contributed by atoms with Crippen LogP contribution in [0.2, 0.25) is 5.15 Å². The minimum atomic E-state index is 0.216. The molecule has 0 radical (unpaired) electrons. The van der Waals surface area contributed by atoms with Crippen molar-refractivity contribution >= 4 is 39.3 Å². The molecule has 2 nitrogen and oxygen atoms in total. The van der Waals surface area contributed by atoms with Crippen molar-refractivity contribution in [3.63, 3.8) is 0 Å². The van der Waals surface area contributed by atoms with Gasteiger partial charge in [0.25, 0.3) is 0 Å². The van der Waals surface area contributed by atoms with Crippen LogP contribution in [-0.4, -0.2) is 14.7 Å². The third-order valence-corrected chi connectivity index (χ3v) is 4.65. The van der Waals surface area contributed by atoms with E-state index in [2.05, 4.69) is 53.6 Å². The van der Waals surface area contributed by atoms with Gasteiger partial charge in [-0.1, -0.05) is 45.7 Å². The van der Waals surface area contributed by atoms with Crippen molar-refractivity contribution in [3.05, 3.63) is 21.1 Å². The van der Waals surface area contributed by atoms with E-state index in [4.69, 9.17) is 11.6 Å². The van der Waals surface area contributed by atoms with Gasteiger partial charge in [-0.3, -0.25) is 0 Å². The molecule has 96 valence electrons. The summed E-state index contributed by atoms with van der Waals surface area (Å²) in [5, 5.41) is 0.521. The lowest BCUT2D eigenvalue weighted by molar-refractivity contribution is 0.797. The molecule has 0 amide bonds. The van der Waals surface area contributed by atoms with Crippen LogP contribution in [0.5, 0.6) is 0 Å². The third kappa shape index (κ3) is 5.14. The standard InChI is InChI=1S/C12H18BrClN2S/c1-5-6-8-10(13)11(14)16-9(15-8)7-17-12(2,3)4/h5-7H2,1-4H3. The van der Waals surface area contributed by atoms with Crippen molar-refractivity contribution in [2.45, 2.75) is 51.0 Å². The molecule has 1 aromatic rings. The minimum Gasteiger partial charge on any atom is -0.236 e. The molecule has 1 aromatic heterocycles. The molecule has 0 fully saturated rings. The highest BCUT2D eigenvalue weighted by molar-refractivity contribution is 9.10. The molecular formula is C12H18BrClN2S. The molecule has 0 saturated carbocycles. The highest BCUT2D eigenvalue weighted by Gasteiger charge is 2.14. The molecule has 0 unspecified atom stereocenters. The Balaban J connectivity index is 2.86. The van der Waals surface area contributed by atoms with Crippen LogP contribution in [0.1, 0.15) is 45.6 Å². The normalized spacial score (nSPS) is 11.9. The predicted octanol–water partition coefficient (Wildman–Crippen LogP) is 4.88. The summed E-state index contributed by atoms with van der Waals surface area (Å²) in [5.74, 6) is 1.62. The van der Waals surface area contributed by atoms with E-state index in [-0.39, 0.29) is 4.75 Å². The van der Waals surface area contributed by atoms with Gasteiger partial charge >= 0.3 is 0 Å². The second-order valence-electron chi connectivity index (χ2n) is 4.84. The number of hydrogen-bond acceptors (Lipinski definition) is 3. The molecular weight excluding hydrogens is 320 g/mol. The van der Waals surface area contributed by atoms with Gasteiger partial charge in [-0.25, -0.2) is 9.97 Å². The predicted molar refractivity (Wildman–Crippen MR) is 79.8 cm³/mol. The monoisotopic (exact) mass is 336 g/mol. The number of aryl methyl sites for hydroxylation is 1. The van der Waals surface area contributed by atoms with E-state index in [1.165, 1.54) is 0 Å². The number of aromatic nitrogens is 2. The summed E-state index contributed by atoms with van der Waals surface area (Å²) in [6.07, 6.45) is 1.98. The molecule has 0 N–H and O–H groups in total. The van der Waals surface area contributed by atoms with E-state index >= 15 is 0 Å². The first-order valence-electron chi connectivity index (χ1n) is 5.68. The number of rotatable bonds is 4. The van der Waals surface area contributed by atoms with E-state index in [1.807, 2.05) is 11.8 Å². The third-order valence-electron chi connectivity index (χ3n) is 2.05. The zero-order valence-corrected chi connectivity index (χ0v) is 13.8. The first-order chi connectivity index (χ1) is 7.83. The van der Waals surface area contributed by atoms with Crippen molar-refractivity contribution in [2.75, 3.05) is 0 Å². The van der Waals surface area contributed by atoms with Gasteiger partial charge in [-0.05, 0) is 22.4 Å². The van der Waals surface area contributed by atoms with Crippen molar-refractivity contribution in [1.29, 1.82) is 0 Å². The van der Waals surface area contributed by atoms with Gasteiger partial charge in [0, 0.05) is 4.75 Å². The Morgan fingerprint density at radius 3 is 2.47 bits per heavy atom. The van der Waals surface area contributed by atoms with Crippen LogP contribution < -0.4 is 0 Å². The molecule has 1 heterocycles. The zero-order chi connectivity index (χ0) is 13.1. The Morgan fingerprint density at radius 1 is 1.29 bits per heavy atom. The van der Waals surface area contributed by atoms with E-state index < -0.39 is 0 Å². The molecule has 0 spiro atoms. The lowest BCUT2D eigenvalue weighted by Crippen LogP contribution is -2.09. The highest BCUT2D eigenvalue weighted by atomic mass is 79.9. The topological polar surface area (TPSA) is 25.8 Å². The van der Waals surface area contributed by atoms with Gasteiger partial charge in [-0.15, -0.1) is 11.8 Å². The fourth-order valence-corrected chi connectivity index (χ4v) is 2.53. The van der Waals surface area contributed by atoms with Crippen LogP contribution in [0, 0.1) is 0 Å². The molecule has 0 aliphatic rings. The average Bonchev–Trinajstić information content (AvgIpc) is 2.21. The Labute approximate surface area is 121 Å². The molecule has 1 rings (SSSR count). The quantitative estimate of drug-likeness (QED) is 0.733. The van der Waals surface area contributed by atoms with Gasteiger partial charge in [0.1, 0.15) is 11.0 Å². The second kappa shape index (κ2) is 6.39. The molecule has 0 atom stereocenters. The molecule has 0 bridgehead atoms. The van der Waals surface area contributed by atoms with E-state index in [9.17, 15) is 0 Å². The molecule has 0 saturated heterocycles. The smallest absolute Gasteiger partial charge is 0.147 e. The Hall–Kier alpha value is 0.200. The lowest BCUT2D eigenvalue weighted by atomic mass is 10.2. The second-order valence-corrected chi connectivity index (χ2v) is 7.80. The van der Waals surface area contributed by atoms with Crippen LogP contribution in [0.4, 0.5) is 0 Å². The zero-order valence-electron chi connectivity index (χ0n) is 10.7. The summed E-state index contributed by atoms with van der Waals surface area (Å²) in [7, 11) is 0. The molecule has 0 aliphatic heterocycles. The number of thioether (sulfide) groups is 1. The Kier molecular flexibility index (Phi) is 5.74. The molecule has 5 heteroatoms. The van der Waals surface area contributed by atoms with Gasteiger partial charge in [0.2, 0.25) is 0 Å². The number of halogens is 2. The lowest BCUT2D eigenvalue weighted by Gasteiger charge is -2.17. The summed E-state index contributed by atoms with van der Waals surface area (Å²) >= 11 is 11.4. The Morgan fingerprint density at radius 2 is 1.94 bits per heavy atom. The largest absolute Gasteiger partial charge is 0.236 e. The summed E-state index contributed by atoms with van der Waals surface area (Å²) in [4.78, 5) is 8.87. The Bertz CT molecular complexity index is 391. The van der Waals surface area contributed by atoms with Crippen LogP contribution in [-0.2, 0) is 12.2 Å². The van der Waals surface area contributed by atoms with Crippen LogP contribution in [0.3, 0.4) is 0 Å². The highest BCUT2D eigenvalue weighted by Crippen LogP contribution is 2.29. The first kappa shape index (κ1) is 15.3. The molecule has 0 aromatic carbocycles. The maximum Gasteiger partial charge on any atom is 0.147 e. The fourth-order valence-electron chi connectivity index (χ4n) is 1.26. The SMILES string of the molecule is CCCc1nc(CSC(C)(C)C)nc(Cl)c1Br. The van der Waals surface area contributed by atoms with Crippen LogP contribution in [0.25, 0.3) is 0 Å². The van der Waals surface area contributed by atoms with Crippen LogP contribution in [0.15, 0.2) is 4.47 Å². The maximum absolute atomic E-state index is 6.10. The molecule has 17 heavy (non-hydrogen) atoms. The average molecular weight is 338 g/mol. The van der Waals surface area contributed by atoms with Crippen molar-refractivity contribution < 1.29 is 0 Å². The number of nitrogens with zero attached hydrogens (tertiary/aromatic N) is 2. The molecule has 0 aliphatic carbocycles.